The van der Waals surface area contributed by atoms with E-state index in [0.29, 0.717) is 17.2 Å². The van der Waals surface area contributed by atoms with Crippen LogP contribution in [-0.4, -0.2) is 81.1 Å². The van der Waals surface area contributed by atoms with Crippen molar-refractivity contribution in [3.63, 3.8) is 0 Å². The molecule has 0 spiro atoms. The minimum atomic E-state index is -1.20. The lowest BCUT2D eigenvalue weighted by atomic mass is 10.0. The van der Waals surface area contributed by atoms with Crippen molar-refractivity contribution in [3.8, 4) is 17.2 Å². The molecular formula is C28H36N4O7. The summed E-state index contributed by atoms with van der Waals surface area (Å²) in [6, 6.07) is 11.6. The van der Waals surface area contributed by atoms with Crippen molar-refractivity contribution in [2.45, 2.75) is 32.4 Å². The van der Waals surface area contributed by atoms with Crippen LogP contribution in [0.1, 0.15) is 30.6 Å². The molecule has 210 valence electrons. The van der Waals surface area contributed by atoms with Crippen molar-refractivity contribution in [1.29, 1.82) is 0 Å². The Morgan fingerprint density at radius 3 is 2.46 bits per heavy atom. The van der Waals surface area contributed by atoms with E-state index in [1.165, 1.54) is 4.90 Å². The Bertz CT molecular complexity index is 1150. The molecule has 2 atom stereocenters. The Morgan fingerprint density at radius 1 is 1.08 bits per heavy atom. The minimum absolute atomic E-state index is 0.135. The number of rotatable bonds is 7. The fourth-order valence-electron chi connectivity index (χ4n) is 3.94. The smallest absolute Gasteiger partial charge is 0.255 e. The molecule has 0 fully saturated rings. The second-order valence-electron chi connectivity index (χ2n) is 9.44. The number of likely N-dealkylation sites (N-methyl/N-ethyl adjacent to an activating group) is 1. The number of carbonyl (C=O) groups is 4. The summed E-state index contributed by atoms with van der Waals surface area (Å²) in [5.74, 6) is -0.526. The first kappa shape index (κ1) is 29.3. The lowest BCUT2D eigenvalue weighted by Crippen LogP contribution is -2.54. The normalized spacial score (nSPS) is 18.7. The van der Waals surface area contributed by atoms with E-state index in [2.05, 4.69) is 16.0 Å². The standard InChI is InChI=1S/C28H36N4O7/c1-18(2)25-28(36)32(3)14-16-39-23-8-6-5-7-21(23)26(34)30-22(17-24(33)31-25)27(35)29-13-15-38-20-11-9-19(37-4)10-12-20/h5-12,18,22,25H,13-17H2,1-4H3,(H,29,35)(H,30,34)(H,31,33)/t22-,25+/m0/s1. The molecule has 0 saturated heterocycles. The lowest BCUT2D eigenvalue weighted by Gasteiger charge is -2.28. The van der Waals surface area contributed by atoms with Crippen molar-refractivity contribution >= 4 is 23.6 Å². The first-order chi connectivity index (χ1) is 18.7. The fraction of sp³-hybridized carbons (Fsp3) is 0.429. The molecular weight excluding hydrogens is 504 g/mol. The number of nitrogens with one attached hydrogen (secondary N) is 3. The molecule has 0 saturated carbocycles. The average molecular weight is 541 g/mol. The van der Waals surface area contributed by atoms with Gasteiger partial charge in [0.05, 0.1) is 32.2 Å². The number of nitrogens with zero attached hydrogens (tertiary/aromatic N) is 1. The van der Waals surface area contributed by atoms with Gasteiger partial charge in [-0.1, -0.05) is 26.0 Å². The quantitative estimate of drug-likeness (QED) is 0.452. The molecule has 0 radical (unpaired) electrons. The zero-order valence-corrected chi connectivity index (χ0v) is 22.7. The van der Waals surface area contributed by atoms with E-state index in [1.807, 2.05) is 13.8 Å². The number of ether oxygens (including phenoxy) is 3. The van der Waals surface area contributed by atoms with Crippen LogP contribution in [0.3, 0.4) is 0 Å². The van der Waals surface area contributed by atoms with Gasteiger partial charge in [0.2, 0.25) is 17.7 Å². The first-order valence-corrected chi connectivity index (χ1v) is 12.8. The summed E-state index contributed by atoms with van der Waals surface area (Å²) < 4.78 is 16.6. The van der Waals surface area contributed by atoms with Crippen LogP contribution in [0.5, 0.6) is 17.2 Å². The molecule has 4 amide bonds. The Labute approximate surface area is 228 Å². The summed E-state index contributed by atoms with van der Waals surface area (Å²) in [5.41, 5.74) is 0.213. The van der Waals surface area contributed by atoms with Crippen molar-refractivity contribution in [3.05, 3.63) is 54.1 Å². The van der Waals surface area contributed by atoms with E-state index in [-0.39, 0.29) is 50.1 Å². The number of amides is 4. The number of hydrogen-bond donors (Lipinski definition) is 3. The van der Waals surface area contributed by atoms with Crippen LogP contribution in [0.4, 0.5) is 0 Å². The molecule has 11 nitrogen and oxygen atoms in total. The van der Waals surface area contributed by atoms with Gasteiger partial charge in [0.1, 0.15) is 42.5 Å². The molecule has 3 rings (SSSR count). The average Bonchev–Trinajstić information content (AvgIpc) is 2.93. The number of para-hydroxylation sites is 1. The molecule has 1 aliphatic heterocycles. The van der Waals surface area contributed by atoms with Gasteiger partial charge >= 0.3 is 0 Å². The van der Waals surface area contributed by atoms with Crippen LogP contribution in [-0.2, 0) is 14.4 Å². The maximum Gasteiger partial charge on any atom is 0.255 e. The topological polar surface area (TPSA) is 135 Å². The monoisotopic (exact) mass is 540 g/mol. The van der Waals surface area contributed by atoms with Crippen molar-refractivity contribution in [2.75, 3.05) is 40.5 Å². The maximum atomic E-state index is 13.2. The third-order valence-corrected chi connectivity index (χ3v) is 6.18. The highest BCUT2D eigenvalue weighted by Gasteiger charge is 2.31. The van der Waals surface area contributed by atoms with Gasteiger partial charge in [0.15, 0.2) is 0 Å². The summed E-state index contributed by atoms with van der Waals surface area (Å²) in [7, 11) is 3.20. The molecule has 1 aliphatic rings. The van der Waals surface area contributed by atoms with Gasteiger partial charge in [-0.15, -0.1) is 0 Å². The Hall–Kier alpha value is -4.28. The zero-order valence-electron chi connectivity index (χ0n) is 22.7. The highest BCUT2D eigenvalue weighted by atomic mass is 16.5. The number of benzene rings is 2. The fourth-order valence-corrected chi connectivity index (χ4v) is 3.94. The van der Waals surface area contributed by atoms with Gasteiger partial charge < -0.3 is 35.1 Å². The number of hydrogen-bond acceptors (Lipinski definition) is 7. The van der Waals surface area contributed by atoms with Crippen molar-refractivity contribution in [1.82, 2.24) is 20.9 Å². The van der Waals surface area contributed by atoms with E-state index in [1.54, 1.807) is 62.7 Å². The highest BCUT2D eigenvalue weighted by Crippen LogP contribution is 2.19. The van der Waals surface area contributed by atoms with Crippen LogP contribution >= 0.6 is 0 Å². The Morgan fingerprint density at radius 2 is 1.77 bits per heavy atom. The van der Waals surface area contributed by atoms with E-state index in [0.717, 1.165) is 0 Å². The summed E-state index contributed by atoms with van der Waals surface area (Å²) in [6.45, 7) is 4.35. The molecule has 1 heterocycles. The van der Waals surface area contributed by atoms with E-state index >= 15 is 0 Å². The second kappa shape index (κ2) is 14.0. The van der Waals surface area contributed by atoms with Crippen LogP contribution < -0.4 is 30.2 Å². The predicted octanol–water partition coefficient (Wildman–Crippen LogP) is 1.37. The van der Waals surface area contributed by atoms with Gasteiger partial charge in [-0.3, -0.25) is 19.2 Å². The molecule has 0 aromatic heterocycles. The van der Waals surface area contributed by atoms with Gasteiger partial charge in [0, 0.05) is 7.05 Å². The molecule has 0 bridgehead atoms. The molecule has 11 heteroatoms. The summed E-state index contributed by atoms with van der Waals surface area (Å²) in [5, 5.41) is 8.09. The molecule has 0 aliphatic carbocycles. The minimum Gasteiger partial charge on any atom is -0.497 e. The Kier molecular flexibility index (Phi) is 10.5. The first-order valence-electron chi connectivity index (χ1n) is 12.8. The SMILES string of the molecule is COc1ccc(OCCNC(=O)[C@@H]2CC(=O)N[C@H](C(C)C)C(=O)N(C)CCOc3ccccc3C(=O)N2)cc1. The molecule has 2 aromatic carbocycles. The lowest BCUT2D eigenvalue weighted by molar-refractivity contribution is -0.137. The molecule has 39 heavy (non-hydrogen) atoms. The highest BCUT2D eigenvalue weighted by molar-refractivity contribution is 6.01. The van der Waals surface area contributed by atoms with Crippen LogP contribution in [0.15, 0.2) is 48.5 Å². The van der Waals surface area contributed by atoms with Gasteiger partial charge in [-0.05, 0) is 42.3 Å². The zero-order chi connectivity index (χ0) is 28.4. The van der Waals surface area contributed by atoms with Crippen LogP contribution in [0.2, 0.25) is 0 Å². The van der Waals surface area contributed by atoms with Crippen molar-refractivity contribution in [2.24, 2.45) is 5.92 Å². The summed E-state index contributed by atoms with van der Waals surface area (Å²) in [4.78, 5) is 53.7. The number of methoxy groups -OCH3 is 1. The summed E-state index contributed by atoms with van der Waals surface area (Å²) >= 11 is 0. The van der Waals surface area contributed by atoms with Crippen LogP contribution in [0, 0.1) is 5.92 Å². The summed E-state index contributed by atoms with van der Waals surface area (Å²) in [6.07, 6.45) is -0.361. The second-order valence-corrected chi connectivity index (χ2v) is 9.44. The number of carbonyl (C=O) groups excluding carboxylic acids is 4. The van der Waals surface area contributed by atoms with Crippen molar-refractivity contribution < 1.29 is 33.4 Å². The van der Waals surface area contributed by atoms with Crippen LogP contribution in [0.25, 0.3) is 0 Å². The maximum absolute atomic E-state index is 13.2. The third kappa shape index (κ3) is 8.36. The van der Waals surface area contributed by atoms with Gasteiger partial charge in [0.25, 0.3) is 5.91 Å². The Balaban J connectivity index is 1.74. The van der Waals surface area contributed by atoms with E-state index in [9.17, 15) is 19.2 Å². The third-order valence-electron chi connectivity index (χ3n) is 6.18. The molecule has 3 N–H and O–H groups in total. The van der Waals surface area contributed by atoms with E-state index < -0.39 is 29.8 Å². The van der Waals surface area contributed by atoms with Gasteiger partial charge in [-0.2, -0.15) is 0 Å². The predicted molar refractivity (Wildman–Crippen MR) is 144 cm³/mol. The number of fused-ring (bicyclic) bond motifs is 1. The molecule has 2 aromatic rings. The van der Waals surface area contributed by atoms with Gasteiger partial charge in [-0.25, -0.2) is 0 Å². The largest absolute Gasteiger partial charge is 0.497 e. The molecule has 0 unspecified atom stereocenters. The van der Waals surface area contributed by atoms with E-state index in [4.69, 9.17) is 14.2 Å².